The van der Waals surface area contributed by atoms with E-state index in [9.17, 15) is 31.9 Å². The molecular formula is C21H23F4N3O3. The van der Waals surface area contributed by atoms with Gasteiger partial charge in [0.15, 0.2) is 11.6 Å². The number of hydrogen-bond donors (Lipinski definition) is 1. The fourth-order valence-corrected chi connectivity index (χ4v) is 3.48. The van der Waals surface area contributed by atoms with E-state index < -0.39 is 53.9 Å². The summed E-state index contributed by atoms with van der Waals surface area (Å²) in [7, 11) is 0. The number of halogens is 4. The van der Waals surface area contributed by atoms with Crippen LogP contribution in [-0.2, 0) is 9.59 Å². The number of Topliss-reactive ketones (excluding diaryl/α,β-unsaturated/α-hetero) is 2. The Balaban J connectivity index is 2.20. The molecule has 6 nitrogen and oxygen atoms in total. The van der Waals surface area contributed by atoms with Gasteiger partial charge in [-0.1, -0.05) is 6.92 Å². The Kier molecular flexibility index (Phi) is 7.41. The lowest BCUT2D eigenvalue weighted by molar-refractivity contribution is -0.193. The van der Waals surface area contributed by atoms with Crippen molar-refractivity contribution in [1.29, 1.82) is 0 Å². The van der Waals surface area contributed by atoms with Gasteiger partial charge >= 0.3 is 6.18 Å². The first-order valence-electron chi connectivity index (χ1n) is 9.75. The van der Waals surface area contributed by atoms with Gasteiger partial charge in [0.25, 0.3) is 0 Å². The van der Waals surface area contributed by atoms with Crippen LogP contribution in [0.5, 0.6) is 0 Å². The highest BCUT2D eigenvalue weighted by molar-refractivity contribution is 6.01. The van der Waals surface area contributed by atoms with E-state index in [4.69, 9.17) is 12.3 Å². The Morgan fingerprint density at radius 2 is 1.94 bits per heavy atom. The molecule has 1 amide bonds. The molecule has 1 fully saturated rings. The van der Waals surface area contributed by atoms with Crippen LogP contribution in [0.4, 0.5) is 23.2 Å². The maximum atomic E-state index is 13.7. The van der Waals surface area contributed by atoms with Crippen LogP contribution in [0.15, 0.2) is 12.1 Å². The van der Waals surface area contributed by atoms with Crippen LogP contribution in [0.2, 0.25) is 0 Å². The monoisotopic (exact) mass is 441 g/mol. The lowest BCUT2D eigenvalue weighted by atomic mass is 9.89. The summed E-state index contributed by atoms with van der Waals surface area (Å²) >= 11 is 0. The molecule has 1 aromatic rings. The SMILES string of the molecule is [C-]#[N+]C(CC)CC(=O)C1CCN1C(=O)C(CC(=O)c1cc(F)c(N)cc1C)C(F)(F)F. The summed E-state index contributed by atoms with van der Waals surface area (Å²) in [4.78, 5) is 41.6. The number of likely N-dealkylation sites (tertiary alicyclic amines) is 1. The molecule has 2 rings (SSSR count). The molecule has 2 N–H and O–H groups in total. The standard InChI is InChI=1S/C21H23F4N3O3/c1-4-12(27-3)8-19(30)17-5-6-28(17)20(31)14(21(23,24)25)10-18(29)13-9-15(22)16(26)7-11(13)2/h7,9,12,14,17H,4-6,8,10,26H2,1-2H3. The van der Waals surface area contributed by atoms with Crippen LogP contribution in [0, 0.1) is 25.2 Å². The highest BCUT2D eigenvalue weighted by Crippen LogP contribution is 2.35. The predicted octanol–water partition coefficient (Wildman–Crippen LogP) is 3.73. The third-order valence-corrected chi connectivity index (χ3v) is 5.49. The van der Waals surface area contributed by atoms with Crippen LogP contribution in [0.25, 0.3) is 4.85 Å². The first-order valence-corrected chi connectivity index (χ1v) is 9.75. The van der Waals surface area contributed by atoms with Gasteiger partial charge in [-0.2, -0.15) is 13.2 Å². The number of nitrogens with two attached hydrogens (primary N) is 1. The van der Waals surface area contributed by atoms with Crippen molar-refractivity contribution >= 4 is 23.2 Å². The highest BCUT2D eigenvalue weighted by Gasteiger charge is 2.51. The molecule has 1 aliphatic heterocycles. The Morgan fingerprint density at radius 1 is 1.29 bits per heavy atom. The predicted molar refractivity (Wildman–Crippen MR) is 104 cm³/mol. The lowest BCUT2D eigenvalue weighted by Gasteiger charge is -2.42. The minimum atomic E-state index is -5.03. The minimum Gasteiger partial charge on any atom is -0.396 e. The number of benzene rings is 1. The average molecular weight is 441 g/mol. The molecule has 0 aliphatic carbocycles. The first kappa shape index (κ1) is 24.3. The number of carbonyl (C=O) groups excluding carboxylic acids is 3. The Morgan fingerprint density at radius 3 is 2.42 bits per heavy atom. The van der Waals surface area contributed by atoms with Crippen molar-refractivity contribution in [2.75, 3.05) is 12.3 Å². The van der Waals surface area contributed by atoms with Crippen molar-refractivity contribution in [1.82, 2.24) is 4.90 Å². The summed E-state index contributed by atoms with van der Waals surface area (Å²) in [6.07, 6.45) is -5.76. The zero-order valence-corrected chi connectivity index (χ0v) is 17.1. The normalized spacial score (nSPS) is 18.0. The molecular weight excluding hydrogens is 418 g/mol. The second-order valence-corrected chi connectivity index (χ2v) is 7.61. The highest BCUT2D eigenvalue weighted by atomic mass is 19.4. The van der Waals surface area contributed by atoms with Gasteiger partial charge in [0.2, 0.25) is 11.9 Å². The molecule has 1 saturated heterocycles. The van der Waals surface area contributed by atoms with Crippen molar-refractivity contribution in [2.45, 2.75) is 57.8 Å². The van der Waals surface area contributed by atoms with Gasteiger partial charge in [0.1, 0.15) is 11.7 Å². The average Bonchev–Trinajstić information content (AvgIpc) is 2.64. The number of rotatable bonds is 8. The summed E-state index contributed by atoms with van der Waals surface area (Å²) in [6, 6.07) is 0.279. The van der Waals surface area contributed by atoms with Gasteiger partial charge in [-0.25, -0.2) is 11.0 Å². The van der Waals surface area contributed by atoms with E-state index in [0.29, 0.717) is 6.42 Å². The fraction of sp³-hybridized carbons (Fsp3) is 0.524. The molecule has 0 aromatic heterocycles. The Hall–Kier alpha value is -2.96. The zero-order valence-electron chi connectivity index (χ0n) is 17.1. The summed E-state index contributed by atoms with van der Waals surface area (Å²) in [5, 5.41) is 0. The number of aryl methyl sites for hydroxylation is 1. The molecule has 168 valence electrons. The first-order chi connectivity index (χ1) is 14.4. The number of anilines is 1. The van der Waals surface area contributed by atoms with Crippen LogP contribution in [0.3, 0.4) is 0 Å². The molecule has 1 aromatic carbocycles. The van der Waals surface area contributed by atoms with Crippen molar-refractivity contribution in [2.24, 2.45) is 5.92 Å². The van der Waals surface area contributed by atoms with Gasteiger partial charge in [0.05, 0.1) is 18.2 Å². The van der Waals surface area contributed by atoms with Gasteiger partial charge in [-0.3, -0.25) is 14.4 Å². The van der Waals surface area contributed by atoms with E-state index in [1.54, 1.807) is 6.92 Å². The van der Waals surface area contributed by atoms with Crippen molar-refractivity contribution in [3.8, 4) is 0 Å². The van der Waals surface area contributed by atoms with E-state index in [-0.39, 0.29) is 36.2 Å². The molecule has 0 spiro atoms. The summed E-state index contributed by atoms with van der Waals surface area (Å²) < 4.78 is 54.6. The number of nitrogen functional groups attached to an aromatic ring is 1. The second-order valence-electron chi connectivity index (χ2n) is 7.61. The number of nitrogens with zero attached hydrogens (tertiary/aromatic N) is 2. The smallest absolute Gasteiger partial charge is 0.396 e. The molecule has 10 heteroatoms. The Labute approximate surface area is 177 Å². The zero-order chi connectivity index (χ0) is 23.5. The van der Waals surface area contributed by atoms with Crippen molar-refractivity contribution in [3.63, 3.8) is 0 Å². The maximum Gasteiger partial charge on any atom is 0.400 e. The number of ketones is 2. The number of carbonyl (C=O) groups is 3. The minimum absolute atomic E-state index is 0.0413. The van der Waals surface area contributed by atoms with Gasteiger partial charge in [-0.05, 0) is 31.0 Å². The van der Waals surface area contributed by atoms with Gasteiger partial charge < -0.3 is 15.5 Å². The molecule has 0 bridgehead atoms. The van der Waals surface area contributed by atoms with Crippen molar-refractivity contribution < 1.29 is 31.9 Å². The summed E-state index contributed by atoms with van der Waals surface area (Å²) in [6.45, 7) is 10.1. The second kappa shape index (κ2) is 9.45. The number of alkyl halides is 3. The molecule has 1 aliphatic rings. The summed E-state index contributed by atoms with van der Waals surface area (Å²) in [5.41, 5.74) is 5.06. The lowest BCUT2D eigenvalue weighted by Crippen LogP contribution is -2.58. The third-order valence-electron chi connectivity index (χ3n) is 5.49. The van der Waals surface area contributed by atoms with Gasteiger partial charge in [0, 0.05) is 24.9 Å². The van der Waals surface area contributed by atoms with E-state index in [1.807, 2.05) is 0 Å². The fourth-order valence-electron chi connectivity index (χ4n) is 3.48. The molecule has 3 unspecified atom stereocenters. The van der Waals surface area contributed by atoms with Crippen LogP contribution in [0.1, 0.15) is 48.5 Å². The summed E-state index contributed by atoms with van der Waals surface area (Å²) in [5.74, 6) is -6.48. The van der Waals surface area contributed by atoms with E-state index in [2.05, 4.69) is 4.85 Å². The third kappa shape index (κ3) is 5.40. The van der Waals surface area contributed by atoms with E-state index >= 15 is 0 Å². The Bertz CT molecular complexity index is 924. The number of hydrogen-bond acceptors (Lipinski definition) is 4. The quantitative estimate of drug-likeness (QED) is 0.288. The van der Waals surface area contributed by atoms with Crippen LogP contribution in [-0.4, -0.2) is 47.2 Å². The van der Waals surface area contributed by atoms with Crippen molar-refractivity contribution in [3.05, 3.63) is 40.5 Å². The number of amides is 1. The molecule has 0 radical (unpaired) electrons. The van der Waals surface area contributed by atoms with Crippen LogP contribution < -0.4 is 5.73 Å². The molecule has 3 atom stereocenters. The molecule has 1 heterocycles. The van der Waals surface area contributed by atoms with Gasteiger partial charge in [-0.15, -0.1) is 0 Å². The molecule has 31 heavy (non-hydrogen) atoms. The molecule has 0 saturated carbocycles. The topological polar surface area (TPSA) is 84.8 Å². The van der Waals surface area contributed by atoms with Crippen LogP contribution >= 0.6 is 0 Å². The van der Waals surface area contributed by atoms with E-state index in [1.165, 1.54) is 6.92 Å². The maximum absolute atomic E-state index is 13.7. The van der Waals surface area contributed by atoms with E-state index in [0.717, 1.165) is 17.0 Å². The largest absolute Gasteiger partial charge is 0.400 e.